The van der Waals surface area contributed by atoms with Crippen molar-refractivity contribution in [2.75, 3.05) is 0 Å². The van der Waals surface area contributed by atoms with Gasteiger partial charge in [-0.25, -0.2) is 4.98 Å². The number of pyridine rings is 1. The first kappa shape index (κ1) is 14.1. The summed E-state index contributed by atoms with van der Waals surface area (Å²) in [5.74, 6) is -0.475. The molecule has 3 aromatic rings. The van der Waals surface area contributed by atoms with Crippen molar-refractivity contribution >= 4 is 17.6 Å². The Morgan fingerprint density at radius 3 is 2.55 bits per heavy atom. The van der Waals surface area contributed by atoms with E-state index >= 15 is 0 Å². The average Bonchev–Trinajstić information content (AvgIpc) is 2.83. The third-order valence-corrected chi connectivity index (χ3v) is 3.55. The first-order valence-electron chi connectivity index (χ1n) is 7.08. The molecule has 0 saturated heterocycles. The van der Waals surface area contributed by atoms with Crippen LogP contribution in [0.25, 0.3) is 23.0 Å². The highest BCUT2D eigenvalue weighted by atomic mass is 16.1. The number of carbonyl (C=O) groups is 1. The summed E-state index contributed by atoms with van der Waals surface area (Å²) in [6.45, 7) is 4.07. The van der Waals surface area contributed by atoms with Crippen LogP contribution < -0.4 is 5.73 Å². The molecule has 3 rings (SSSR count). The second-order valence-corrected chi connectivity index (χ2v) is 5.38. The molecule has 0 saturated carbocycles. The second-order valence-electron chi connectivity index (χ2n) is 5.38. The van der Waals surface area contributed by atoms with E-state index in [1.54, 1.807) is 6.08 Å². The summed E-state index contributed by atoms with van der Waals surface area (Å²) in [6, 6.07) is 12.2. The van der Waals surface area contributed by atoms with E-state index in [0.717, 1.165) is 28.2 Å². The topological polar surface area (TPSA) is 60.4 Å². The molecule has 2 aromatic heterocycles. The van der Waals surface area contributed by atoms with Gasteiger partial charge in [-0.15, -0.1) is 0 Å². The number of primary amides is 1. The van der Waals surface area contributed by atoms with Gasteiger partial charge in [0.05, 0.1) is 11.4 Å². The number of hydrogen-bond acceptors (Lipinski definition) is 2. The van der Waals surface area contributed by atoms with E-state index in [-0.39, 0.29) is 0 Å². The van der Waals surface area contributed by atoms with Gasteiger partial charge >= 0.3 is 0 Å². The van der Waals surface area contributed by atoms with Crippen molar-refractivity contribution in [3.05, 3.63) is 65.5 Å². The molecular weight excluding hydrogens is 274 g/mol. The van der Waals surface area contributed by atoms with Crippen LogP contribution in [0.4, 0.5) is 0 Å². The van der Waals surface area contributed by atoms with Gasteiger partial charge in [-0.3, -0.25) is 9.20 Å². The first-order valence-corrected chi connectivity index (χ1v) is 7.08. The molecule has 1 amide bonds. The fourth-order valence-electron chi connectivity index (χ4n) is 2.41. The molecule has 0 bridgehead atoms. The number of nitrogens with two attached hydrogens (primary N) is 1. The van der Waals surface area contributed by atoms with E-state index in [2.05, 4.69) is 0 Å². The summed E-state index contributed by atoms with van der Waals surface area (Å²) >= 11 is 0. The zero-order valence-electron chi connectivity index (χ0n) is 12.6. The molecule has 4 nitrogen and oxygen atoms in total. The van der Waals surface area contributed by atoms with Crippen LogP contribution in [0.3, 0.4) is 0 Å². The Morgan fingerprint density at radius 1 is 1.14 bits per heavy atom. The lowest BCUT2D eigenvalue weighted by atomic mass is 10.1. The maximum Gasteiger partial charge on any atom is 0.241 e. The monoisotopic (exact) mass is 291 g/mol. The van der Waals surface area contributed by atoms with E-state index in [0.29, 0.717) is 0 Å². The Balaban J connectivity index is 2.25. The maximum atomic E-state index is 11.1. The van der Waals surface area contributed by atoms with E-state index in [1.807, 2.05) is 60.8 Å². The van der Waals surface area contributed by atoms with Gasteiger partial charge in [-0.05, 0) is 37.6 Å². The molecule has 0 spiro atoms. The highest BCUT2D eigenvalue weighted by Crippen LogP contribution is 2.26. The van der Waals surface area contributed by atoms with Gasteiger partial charge in [0.1, 0.15) is 5.65 Å². The number of aryl methyl sites for hydroxylation is 2. The van der Waals surface area contributed by atoms with Crippen molar-refractivity contribution < 1.29 is 4.79 Å². The van der Waals surface area contributed by atoms with Gasteiger partial charge in [0.25, 0.3) is 0 Å². The Hall–Kier alpha value is -2.88. The normalized spacial score (nSPS) is 11.4. The van der Waals surface area contributed by atoms with Gasteiger partial charge in [-0.2, -0.15) is 0 Å². The lowest BCUT2D eigenvalue weighted by Gasteiger charge is -2.01. The number of nitrogens with zero attached hydrogens (tertiary/aromatic N) is 2. The van der Waals surface area contributed by atoms with E-state index in [1.165, 1.54) is 11.6 Å². The number of carbonyl (C=O) groups excluding carboxylic acids is 1. The van der Waals surface area contributed by atoms with Crippen molar-refractivity contribution in [3.63, 3.8) is 0 Å². The molecule has 0 unspecified atom stereocenters. The number of amides is 1. The SMILES string of the molecule is Cc1ccc(-c2nc3cc(C)ccn3c2/C=C/C(N)=O)cc1. The van der Waals surface area contributed by atoms with Gasteiger partial charge in [0.2, 0.25) is 5.91 Å². The predicted octanol–water partition coefficient (Wildman–Crippen LogP) is 3.12. The van der Waals surface area contributed by atoms with Crippen LogP contribution >= 0.6 is 0 Å². The second kappa shape index (κ2) is 5.48. The first-order chi connectivity index (χ1) is 10.5. The molecule has 0 radical (unpaired) electrons. The van der Waals surface area contributed by atoms with Gasteiger partial charge in [-0.1, -0.05) is 29.8 Å². The predicted molar refractivity (Wildman–Crippen MR) is 88.3 cm³/mol. The fraction of sp³-hybridized carbons (Fsp3) is 0.111. The molecule has 0 fully saturated rings. The van der Waals surface area contributed by atoms with Crippen LogP contribution in [0.1, 0.15) is 16.8 Å². The Morgan fingerprint density at radius 2 is 1.86 bits per heavy atom. The van der Waals surface area contributed by atoms with Crippen molar-refractivity contribution in [1.29, 1.82) is 0 Å². The summed E-state index contributed by atoms with van der Waals surface area (Å²) in [6.07, 6.45) is 5.03. The van der Waals surface area contributed by atoms with Crippen molar-refractivity contribution in [2.45, 2.75) is 13.8 Å². The molecular formula is C18H17N3O. The Labute approximate surface area is 128 Å². The van der Waals surface area contributed by atoms with Crippen molar-refractivity contribution in [3.8, 4) is 11.3 Å². The van der Waals surface area contributed by atoms with E-state index in [4.69, 9.17) is 10.7 Å². The van der Waals surface area contributed by atoms with Crippen LogP contribution in [-0.2, 0) is 4.79 Å². The lowest BCUT2D eigenvalue weighted by molar-refractivity contribution is -0.113. The minimum absolute atomic E-state index is 0.475. The summed E-state index contributed by atoms with van der Waals surface area (Å²) in [7, 11) is 0. The quantitative estimate of drug-likeness (QED) is 0.754. The van der Waals surface area contributed by atoms with Crippen LogP contribution in [-0.4, -0.2) is 15.3 Å². The third kappa shape index (κ3) is 2.63. The van der Waals surface area contributed by atoms with Crippen LogP contribution in [0, 0.1) is 13.8 Å². The van der Waals surface area contributed by atoms with Gasteiger partial charge in [0, 0.05) is 17.8 Å². The number of hydrogen-bond donors (Lipinski definition) is 1. The van der Waals surface area contributed by atoms with Crippen LogP contribution in [0.15, 0.2) is 48.7 Å². The standard InChI is InChI=1S/C18H17N3O/c1-12-3-5-14(6-4-12)18-15(7-8-16(19)22)21-10-9-13(2)11-17(21)20-18/h3-11H,1-2H3,(H2,19,22)/b8-7+. The number of benzene rings is 1. The third-order valence-electron chi connectivity index (χ3n) is 3.55. The molecule has 0 atom stereocenters. The number of rotatable bonds is 3. The van der Waals surface area contributed by atoms with Crippen molar-refractivity contribution in [1.82, 2.24) is 9.38 Å². The largest absolute Gasteiger partial charge is 0.366 e. The molecule has 110 valence electrons. The number of imidazole rings is 1. The molecule has 2 N–H and O–H groups in total. The zero-order chi connectivity index (χ0) is 15.7. The molecule has 0 aliphatic carbocycles. The molecule has 2 heterocycles. The summed E-state index contributed by atoms with van der Waals surface area (Å²) in [5, 5.41) is 0. The van der Waals surface area contributed by atoms with Gasteiger partial charge < -0.3 is 5.73 Å². The van der Waals surface area contributed by atoms with Crippen molar-refractivity contribution in [2.24, 2.45) is 5.73 Å². The highest BCUT2D eigenvalue weighted by molar-refractivity contribution is 5.91. The number of aromatic nitrogens is 2. The molecule has 0 aliphatic rings. The molecule has 22 heavy (non-hydrogen) atoms. The summed E-state index contributed by atoms with van der Waals surface area (Å²) in [4.78, 5) is 15.8. The van der Waals surface area contributed by atoms with Crippen LogP contribution in [0.2, 0.25) is 0 Å². The summed E-state index contributed by atoms with van der Waals surface area (Å²) in [5.41, 5.74) is 11.1. The lowest BCUT2D eigenvalue weighted by Crippen LogP contribution is -2.05. The Bertz CT molecular complexity index is 873. The Kier molecular flexibility index (Phi) is 3.51. The molecule has 1 aromatic carbocycles. The van der Waals surface area contributed by atoms with Crippen LogP contribution in [0.5, 0.6) is 0 Å². The number of fused-ring (bicyclic) bond motifs is 1. The minimum atomic E-state index is -0.475. The smallest absolute Gasteiger partial charge is 0.241 e. The molecule has 4 heteroatoms. The minimum Gasteiger partial charge on any atom is -0.366 e. The zero-order valence-corrected chi connectivity index (χ0v) is 12.6. The molecule has 0 aliphatic heterocycles. The van der Waals surface area contributed by atoms with Gasteiger partial charge in [0.15, 0.2) is 0 Å². The summed E-state index contributed by atoms with van der Waals surface area (Å²) < 4.78 is 1.96. The average molecular weight is 291 g/mol. The highest BCUT2D eigenvalue weighted by Gasteiger charge is 2.12. The van der Waals surface area contributed by atoms with E-state index < -0.39 is 5.91 Å². The maximum absolute atomic E-state index is 11.1. The van der Waals surface area contributed by atoms with E-state index in [9.17, 15) is 4.79 Å². The fourth-order valence-corrected chi connectivity index (χ4v) is 2.41.